The minimum absolute atomic E-state index is 0.0747. The second kappa shape index (κ2) is 11.6. The standard InChI is InChI=1S/C24H31FN4O2/c1-2-19(20-6-4-3-5-7-20)16-26-23(30)17-28-12-14-29(15-13-28)18-24(31)27-22-10-8-21(25)9-11-22/h3-11,19H,2,12-18H2,1H3,(H,26,30)(H,27,31)/p+2/t19-/m1/s1. The van der Waals surface area contributed by atoms with Gasteiger partial charge in [-0.15, -0.1) is 0 Å². The first kappa shape index (κ1) is 22.9. The van der Waals surface area contributed by atoms with Crippen LogP contribution in [0.2, 0.25) is 0 Å². The Morgan fingerprint density at radius 1 is 0.903 bits per heavy atom. The third-order valence-electron chi connectivity index (χ3n) is 5.92. The zero-order chi connectivity index (χ0) is 22.1. The molecular weight excluding hydrogens is 395 g/mol. The molecule has 166 valence electrons. The average Bonchev–Trinajstić information content (AvgIpc) is 2.78. The maximum atomic E-state index is 13.0. The van der Waals surface area contributed by atoms with Crippen LogP contribution in [0.3, 0.4) is 0 Å². The van der Waals surface area contributed by atoms with Gasteiger partial charge in [-0.1, -0.05) is 37.3 Å². The predicted octanol–water partition coefficient (Wildman–Crippen LogP) is -0.142. The molecule has 1 aliphatic heterocycles. The van der Waals surface area contributed by atoms with Gasteiger partial charge in [-0.05, 0) is 36.2 Å². The third kappa shape index (κ3) is 7.45. The summed E-state index contributed by atoms with van der Waals surface area (Å²) in [4.78, 5) is 27.1. The number of anilines is 1. The maximum Gasteiger partial charge on any atom is 0.279 e. The van der Waals surface area contributed by atoms with Crippen LogP contribution >= 0.6 is 0 Å². The lowest BCUT2D eigenvalue weighted by molar-refractivity contribution is -1.00. The number of carbonyl (C=O) groups excluding carboxylic acids is 2. The smallest absolute Gasteiger partial charge is 0.279 e. The fourth-order valence-corrected chi connectivity index (χ4v) is 4.03. The molecule has 4 N–H and O–H groups in total. The molecule has 3 rings (SSSR count). The van der Waals surface area contributed by atoms with Crippen molar-refractivity contribution in [1.82, 2.24) is 5.32 Å². The largest absolute Gasteiger partial charge is 0.351 e. The van der Waals surface area contributed by atoms with Crippen molar-refractivity contribution >= 4 is 17.5 Å². The minimum atomic E-state index is -0.322. The normalized spacial score (nSPS) is 19.4. The van der Waals surface area contributed by atoms with Crippen LogP contribution in [-0.4, -0.2) is 57.6 Å². The van der Waals surface area contributed by atoms with Crippen molar-refractivity contribution in [1.29, 1.82) is 0 Å². The Morgan fingerprint density at radius 2 is 1.48 bits per heavy atom. The van der Waals surface area contributed by atoms with E-state index in [2.05, 4.69) is 29.7 Å². The molecular formula is C24H33FN4O2+2. The number of piperazine rings is 1. The summed E-state index contributed by atoms with van der Waals surface area (Å²) in [5.74, 6) is 0.0225. The summed E-state index contributed by atoms with van der Waals surface area (Å²) in [6, 6.07) is 16.1. The molecule has 31 heavy (non-hydrogen) atoms. The molecule has 1 fully saturated rings. The molecule has 2 amide bonds. The molecule has 0 bridgehead atoms. The quantitative estimate of drug-likeness (QED) is 0.449. The number of quaternary nitrogens is 2. The number of hydrogen-bond acceptors (Lipinski definition) is 2. The Hall–Kier alpha value is -2.77. The monoisotopic (exact) mass is 428 g/mol. The molecule has 1 saturated heterocycles. The van der Waals surface area contributed by atoms with Crippen LogP contribution in [0.15, 0.2) is 54.6 Å². The van der Waals surface area contributed by atoms with Gasteiger partial charge in [-0.3, -0.25) is 9.59 Å². The van der Waals surface area contributed by atoms with Crippen LogP contribution in [0.25, 0.3) is 0 Å². The Morgan fingerprint density at radius 3 is 2.06 bits per heavy atom. The number of nitrogens with one attached hydrogen (secondary N) is 4. The van der Waals surface area contributed by atoms with Crippen molar-refractivity contribution in [2.75, 3.05) is 51.1 Å². The van der Waals surface area contributed by atoms with E-state index in [1.54, 1.807) is 12.1 Å². The van der Waals surface area contributed by atoms with Gasteiger partial charge >= 0.3 is 0 Å². The highest BCUT2D eigenvalue weighted by Gasteiger charge is 2.26. The lowest BCUT2D eigenvalue weighted by Crippen LogP contribution is -3.28. The number of benzene rings is 2. The number of amides is 2. The van der Waals surface area contributed by atoms with Crippen LogP contribution in [0, 0.1) is 5.82 Å². The van der Waals surface area contributed by atoms with E-state index >= 15 is 0 Å². The zero-order valence-corrected chi connectivity index (χ0v) is 18.1. The molecule has 0 aliphatic carbocycles. The fraction of sp³-hybridized carbons (Fsp3) is 0.417. The van der Waals surface area contributed by atoms with Gasteiger partial charge in [-0.25, -0.2) is 4.39 Å². The van der Waals surface area contributed by atoms with Crippen molar-refractivity contribution < 1.29 is 23.8 Å². The van der Waals surface area contributed by atoms with Crippen LogP contribution in [0.1, 0.15) is 24.8 Å². The minimum Gasteiger partial charge on any atom is -0.351 e. The summed E-state index contributed by atoms with van der Waals surface area (Å²) in [5, 5.41) is 5.91. The van der Waals surface area contributed by atoms with Crippen molar-refractivity contribution in [2.45, 2.75) is 19.3 Å². The first-order valence-corrected chi connectivity index (χ1v) is 11.1. The molecule has 0 spiro atoms. The van der Waals surface area contributed by atoms with Gasteiger partial charge in [0.15, 0.2) is 13.1 Å². The Bertz CT molecular complexity index is 836. The van der Waals surface area contributed by atoms with E-state index in [0.717, 1.165) is 32.6 Å². The topological polar surface area (TPSA) is 67.1 Å². The highest BCUT2D eigenvalue weighted by Crippen LogP contribution is 2.17. The van der Waals surface area contributed by atoms with Crippen LogP contribution in [0.4, 0.5) is 10.1 Å². The zero-order valence-electron chi connectivity index (χ0n) is 18.1. The van der Waals surface area contributed by atoms with Crippen molar-refractivity contribution in [3.63, 3.8) is 0 Å². The molecule has 1 heterocycles. The molecule has 7 heteroatoms. The lowest BCUT2D eigenvalue weighted by Gasteiger charge is -2.29. The molecule has 2 aromatic carbocycles. The van der Waals surface area contributed by atoms with E-state index in [4.69, 9.17) is 0 Å². The second-order valence-electron chi connectivity index (χ2n) is 8.23. The van der Waals surface area contributed by atoms with Gasteiger partial charge in [-0.2, -0.15) is 0 Å². The van der Waals surface area contributed by atoms with Gasteiger partial charge < -0.3 is 20.4 Å². The Kier molecular flexibility index (Phi) is 8.55. The van der Waals surface area contributed by atoms with Crippen LogP contribution < -0.4 is 20.4 Å². The highest BCUT2D eigenvalue weighted by molar-refractivity contribution is 5.91. The lowest BCUT2D eigenvalue weighted by atomic mass is 9.96. The maximum absolute atomic E-state index is 13.0. The van der Waals surface area contributed by atoms with E-state index in [9.17, 15) is 14.0 Å². The average molecular weight is 429 g/mol. The Labute approximate surface area is 183 Å². The number of hydrogen-bond donors (Lipinski definition) is 4. The summed E-state index contributed by atoms with van der Waals surface area (Å²) >= 11 is 0. The molecule has 6 nitrogen and oxygen atoms in total. The van der Waals surface area contributed by atoms with E-state index < -0.39 is 0 Å². The fourth-order valence-electron chi connectivity index (χ4n) is 4.03. The molecule has 0 unspecified atom stereocenters. The SMILES string of the molecule is CC[C@H](CNC(=O)C[NH+]1CC[NH+](CC(=O)Nc2ccc(F)cc2)CC1)c1ccccc1. The second-order valence-corrected chi connectivity index (χ2v) is 8.23. The molecule has 0 aromatic heterocycles. The van der Waals surface area contributed by atoms with Crippen molar-refractivity contribution in [3.05, 3.63) is 66.0 Å². The Balaban J connectivity index is 1.35. The number of halogens is 1. The van der Waals surface area contributed by atoms with E-state index in [0.29, 0.717) is 31.2 Å². The van der Waals surface area contributed by atoms with Gasteiger partial charge in [0.1, 0.15) is 32.0 Å². The van der Waals surface area contributed by atoms with Crippen molar-refractivity contribution in [2.24, 2.45) is 0 Å². The molecule has 0 saturated carbocycles. The van der Waals surface area contributed by atoms with Gasteiger partial charge in [0.2, 0.25) is 0 Å². The summed E-state index contributed by atoms with van der Waals surface area (Å²) in [6.07, 6.45) is 0.985. The van der Waals surface area contributed by atoms with Crippen LogP contribution in [0.5, 0.6) is 0 Å². The first-order valence-electron chi connectivity index (χ1n) is 11.1. The first-order chi connectivity index (χ1) is 15.0. The van der Waals surface area contributed by atoms with Gasteiger partial charge in [0, 0.05) is 18.2 Å². The van der Waals surface area contributed by atoms with Gasteiger partial charge in [0.25, 0.3) is 11.8 Å². The summed E-state index contributed by atoms with van der Waals surface area (Å²) < 4.78 is 13.0. The molecule has 1 aliphatic rings. The number of carbonyl (C=O) groups is 2. The summed E-state index contributed by atoms with van der Waals surface area (Å²) in [5.41, 5.74) is 1.86. The predicted molar refractivity (Wildman–Crippen MR) is 119 cm³/mol. The highest BCUT2D eigenvalue weighted by atomic mass is 19.1. The molecule has 0 radical (unpaired) electrons. The molecule has 2 aromatic rings. The van der Waals surface area contributed by atoms with Crippen LogP contribution in [-0.2, 0) is 9.59 Å². The molecule has 1 atom stereocenters. The summed E-state index contributed by atoms with van der Waals surface area (Å²) in [6.45, 7) is 7.08. The van der Waals surface area contributed by atoms with E-state index in [1.165, 1.54) is 27.5 Å². The number of rotatable bonds is 9. The van der Waals surface area contributed by atoms with Gasteiger partial charge in [0.05, 0.1) is 0 Å². The summed E-state index contributed by atoms with van der Waals surface area (Å²) in [7, 11) is 0. The third-order valence-corrected chi connectivity index (χ3v) is 5.92. The van der Waals surface area contributed by atoms with E-state index in [-0.39, 0.29) is 17.6 Å². The van der Waals surface area contributed by atoms with E-state index in [1.807, 2.05) is 18.2 Å². The van der Waals surface area contributed by atoms with Crippen molar-refractivity contribution in [3.8, 4) is 0 Å².